The van der Waals surface area contributed by atoms with Gasteiger partial charge in [0.25, 0.3) is 0 Å². The third kappa shape index (κ3) is 5.37. The van der Waals surface area contributed by atoms with Crippen LogP contribution in [-0.4, -0.2) is 20.3 Å². The van der Waals surface area contributed by atoms with Crippen LogP contribution < -0.4 is 15.6 Å². The predicted molar refractivity (Wildman–Crippen MR) is 69.8 cm³/mol. The summed E-state index contributed by atoms with van der Waals surface area (Å²) in [4.78, 5) is 21.9. The first kappa shape index (κ1) is 16.1. The van der Waals surface area contributed by atoms with E-state index < -0.39 is 16.0 Å². The van der Waals surface area contributed by atoms with E-state index in [0.717, 1.165) is 0 Å². The number of hydrogen-bond acceptors (Lipinski definition) is 5. The summed E-state index contributed by atoms with van der Waals surface area (Å²) in [6.45, 7) is 1.62. The van der Waals surface area contributed by atoms with E-state index >= 15 is 0 Å². The highest BCUT2D eigenvalue weighted by Crippen LogP contribution is 2.14. The largest absolute Gasteiger partial charge is 0.550 e. The van der Waals surface area contributed by atoms with Gasteiger partial charge in [-0.1, -0.05) is 6.92 Å². The predicted octanol–water partition coefficient (Wildman–Crippen LogP) is -0.561. The van der Waals surface area contributed by atoms with E-state index in [0.29, 0.717) is 5.69 Å². The number of carboxylic acid groups (broad SMARTS) is 1. The summed E-state index contributed by atoms with van der Waals surface area (Å²) in [5.41, 5.74) is 0.406. The number of sulfonamides is 1. The maximum Gasteiger partial charge on any atom is 0.238 e. The number of hydrogen-bond donors (Lipinski definition) is 2. The lowest BCUT2D eigenvalue weighted by molar-refractivity contribution is -0.306. The molecule has 1 aromatic rings. The van der Waals surface area contributed by atoms with Crippen LogP contribution in [-0.2, 0) is 19.6 Å². The fourth-order valence-electron chi connectivity index (χ4n) is 1.61. The van der Waals surface area contributed by atoms with Gasteiger partial charge in [-0.2, -0.15) is 0 Å². The third-order valence-corrected chi connectivity index (χ3v) is 3.44. The Hall–Kier alpha value is -1.93. The molecule has 0 radical (unpaired) electrons. The van der Waals surface area contributed by atoms with Crippen molar-refractivity contribution in [3.63, 3.8) is 0 Å². The second-order valence-electron chi connectivity index (χ2n) is 4.50. The molecule has 20 heavy (non-hydrogen) atoms. The van der Waals surface area contributed by atoms with Crippen LogP contribution in [0.4, 0.5) is 5.69 Å². The second-order valence-corrected chi connectivity index (χ2v) is 6.06. The molecule has 0 fully saturated rings. The fraction of sp³-hybridized carbons (Fsp3) is 0.333. The van der Waals surface area contributed by atoms with Crippen LogP contribution in [0.25, 0.3) is 0 Å². The molecule has 1 atom stereocenters. The van der Waals surface area contributed by atoms with Crippen LogP contribution in [0.15, 0.2) is 29.2 Å². The summed E-state index contributed by atoms with van der Waals surface area (Å²) in [6.07, 6.45) is -0.164. The molecule has 1 aromatic carbocycles. The van der Waals surface area contributed by atoms with Crippen LogP contribution in [0.3, 0.4) is 0 Å². The van der Waals surface area contributed by atoms with Gasteiger partial charge in [0.05, 0.1) is 4.90 Å². The molecule has 0 bridgehead atoms. The van der Waals surface area contributed by atoms with Crippen molar-refractivity contribution in [1.29, 1.82) is 0 Å². The topological polar surface area (TPSA) is 129 Å². The van der Waals surface area contributed by atoms with E-state index in [4.69, 9.17) is 5.14 Å². The monoisotopic (exact) mass is 299 g/mol. The smallest absolute Gasteiger partial charge is 0.238 e. The Kier molecular flexibility index (Phi) is 5.23. The average Bonchev–Trinajstić information content (AvgIpc) is 2.26. The number of amides is 1. The molecule has 0 saturated heterocycles. The SMILES string of the molecule is C[C@H](CC(=O)[O-])CC(=O)Nc1ccc(S(N)(=O)=O)cc1. The van der Waals surface area contributed by atoms with Gasteiger partial charge in [0.15, 0.2) is 0 Å². The highest BCUT2D eigenvalue weighted by Gasteiger charge is 2.11. The van der Waals surface area contributed by atoms with Crippen LogP contribution in [0, 0.1) is 5.92 Å². The van der Waals surface area contributed by atoms with Crippen LogP contribution in [0.2, 0.25) is 0 Å². The highest BCUT2D eigenvalue weighted by atomic mass is 32.2. The summed E-state index contributed by atoms with van der Waals surface area (Å²) < 4.78 is 22.1. The molecule has 0 aliphatic carbocycles. The zero-order valence-electron chi connectivity index (χ0n) is 10.8. The first-order valence-electron chi connectivity index (χ1n) is 5.81. The first-order valence-corrected chi connectivity index (χ1v) is 7.35. The number of primary sulfonamides is 1. The van der Waals surface area contributed by atoms with E-state index in [1.165, 1.54) is 24.3 Å². The number of carbonyl (C=O) groups excluding carboxylic acids is 2. The van der Waals surface area contributed by atoms with Crippen molar-refractivity contribution in [3.05, 3.63) is 24.3 Å². The Bertz CT molecular complexity index is 595. The summed E-state index contributed by atoms with van der Waals surface area (Å²) in [5, 5.41) is 17.8. The summed E-state index contributed by atoms with van der Waals surface area (Å²) >= 11 is 0. The molecule has 0 spiro atoms. The molecular weight excluding hydrogens is 284 g/mol. The number of nitrogens with one attached hydrogen (secondary N) is 1. The van der Waals surface area contributed by atoms with Crippen LogP contribution >= 0.6 is 0 Å². The molecule has 0 saturated carbocycles. The Morgan fingerprint density at radius 1 is 1.25 bits per heavy atom. The maximum atomic E-state index is 11.6. The summed E-state index contributed by atoms with van der Waals surface area (Å²) in [6, 6.07) is 5.35. The van der Waals surface area contributed by atoms with Gasteiger partial charge in [-0.15, -0.1) is 0 Å². The second kappa shape index (κ2) is 6.49. The Morgan fingerprint density at radius 3 is 2.25 bits per heavy atom. The van der Waals surface area contributed by atoms with Gasteiger partial charge >= 0.3 is 0 Å². The van der Waals surface area contributed by atoms with Crippen molar-refractivity contribution in [2.45, 2.75) is 24.7 Å². The van der Waals surface area contributed by atoms with Crippen molar-refractivity contribution < 1.29 is 23.1 Å². The van der Waals surface area contributed by atoms with Gasteiger partial charge in [-0.05, 0) is 36.6 Å². The number of rotatable bonds is 6. The van der Waals surface area contributed by atoms with Crippen LogP contribution in [0.5, 0.6) is 0 Å². The number of carbonyl (C=O) groups is 2. The van der Waals surface area contributed by atoms with E-state index in [1.54, 1.807) is 6.92 Å². The molecular formula is C12H15N2O5S-. The molecule has 0 aliphatic rings. The standard InChI is InChI=1S/C12H16N2O5S/c1-8(7-12(16)17)6-11(15)14-9-2-4-10(5-3-9)20(13,18)19/h2-5,8H,6-7H2,1H3,(H,14,15)(H,16,17)(H2,13,18,19)/p-1/t8-/m0/s1. The normalized spacial score (nSPS) is 12.7. The lowest BCUT2D eigenvalue weighted by Gasteiger charge is -2.12. The molecule has 7 nitrogen and oxygen atoms in total. The number of aliphatic carboxylic acids is 1. The summed E-state index contributed by atoms with van der Waals surface area (Å²) in [7, 11) is -3.77. The lowest BCUT2D eigenvalue weighted by Crippen LogP contribution is -2.26. The molecule has 0 aliphatic heterocycles. The third-order valence-electron chi connectivity index (χ3n) is 2.52. The molecule has 0 unspecified atom stereocenters. The zero-order valence-corrected chi connectivity index (χ0v) is 11.6. The van der Waals surface area contributed by atoms with Gasteiger partial charge in [-0.25, -0.2) is 13.6 Å². The van der Waals surface area contributed by atoms with Crippen molar-refractivity contribution in [3.8, 4) is 0 Å². The quantitative estimate of drug-likeness (QED) is 0.727. The Balaban J connectivity index is 2.61. The minimum absolute atomic E-state index is 0.0327. The number of benzene rings is 1. The fourth-order valence-corrected chi connectivity index (χ4v) is 2.13. The van der Waals surface area contributed by atoms with Gasteiger partial charge in [-0.3, -0.25) is 4.79 Å². The van der Waals surface area contributed by atoms with Gasteiger partial charge in [0.2, 0.25) is 15.9 Å². The molecule has 8 heteroatoms. The van der Waals surface area contributed by atoms with Gasteiger partial charge < -0.3 is 15.2 Å². The van der Waals surface area contributed by atoms with Crippen molar-refractivity contribution in [2.24, 2.45) is 11.1 Å². The first-order chi connectivity index (χ1) is 9.18. The minimum Gasteiger partial charge on any atom is -0.550 e. The van der Waals surface area contributed by atoms with Gasteiger partial charge in [0.1, 0.15) is 0 Å². The van der Waals surface area contributed by atoms with Crippen molar-refractivity contribution in [2.75, 3.05) is 5.32 Å². The van der Waals surface area contributed by atoms with Crippen molar-refractivity contribution in [1.82, 2.24) is 0 Å². The molecule has 3 N–H and O–H groups in total. The van der Waals surface area contributed by atoms with E-state index in [2.05, 4.69) is 5.32 Å². The molecule has 1 rings (SSSR count). The molecule has 0 aromatic heterocycles. The summed E-state index contributed by atoms with van der Waals surface area (Å²) in [5.74, 6) is -1.91. The van der Waals surface area contributed by atoms with E-state index in [9.17, 15) is 23.1 Å². The minimum atomic E-state index is -3.77. The number of carboxylic acids is 1. The van der Waals surface area contributed by atoms with Crippen LogP contribution in [0.1, 0.15) is 19.8 Å². The number of nitrogens with two attached hydrogens (primary N) is 1. The number of anilines is 1. The highest BCUT2D eigenvalue weighted by molar-refractivity contribution is 7.89. The molecule has 110 valence electrons. The zero-order chi connectivity index (χ0) is 15.3. The van der Waals surface area contributed by atoms with Gasteiger partial charge in [0, 0.05) is 18.1 Å². The molecule has 1 amide bonds. The van der Waals surface area contributed by atoms with Crippen molar-refractivity contribution >= 4 is 27.6 Å². The van der Waals surface area contributed by atoms with E-state index in [1.807, 2.05) is 0 Å². The average molecular weight is 299 g/mol. The Morgan fingerprint density at radius 2 is 1.80 bits per heavy atom. The molecule has 0 heterocycles. The maximum absolute atomic E-state index is 11.6. The lowest BCUT2D eigenvalue weighted by atomic mass is 10.0. The Labute approximate surface area is 116 Å². The van der Waals surface area contributed by atoms with E-state index in [-0.39, 0.29) is 29.6 Å².